The maximum Gasteiger partial charge on any atom is 0.417 e. The van der Waals surface area contributed by atoms with Crippen molar-refractivity contribution >= 4 is 35.0 Å². The van der Waals surface area contributed by atoms with Crippen LogP contribution in [0.2, 0.25) is 5.02 Å². The molecule has 0 saturated carbocycles. The number of ether oxygens (including phenoxy) is 1. The third-order valence-corrected chi connectivity index (χ3v) is 4.14. The van der Waals surface area contributed by atoms with E-state index in [1.165, 1.54) is 43.8 Å². The SMILES string of the molecule is CNC(=O)c1cc(Oc2cnc(NC(=O)Nc3ccc(Cl)c(C(F)(F)F)c3)cn2)ccn1. The zero-order chi connectivity index (χ0) is 23.3. The number of carbonyl (C=O) groups is 2. The fraction of sp³-hybridized carbons (Fsp3) is 0.105. The van der Waals surface area contributed by atoms with Crippen LogP contribution in [0, 0.1) is 0 Å². The van der Waals surface area contributed by atoms with Crippen LogP contribution in [0.3, 0.4) is 0 Å². The maximum atomic E-state index is 12.9. The zero-order valence-electron chi connectivity index (χ0n) is 16.2. The molecule has 3 amide bonds. The van der Waals surface area contributed by atoms with Crippen LogP contribution in [0.4, 0.5) is 29.5 Å². The molecule has 1 aromatic carbocycles. The predicted molar refractivity (Wildman–Crippen MR) is 109 cm³/mol. The summed E-state index contributed by atoms with van der Waals surface area (Å²) in [7, 11) is 1.47. The van der Waals surface area contributed by atoms with E-state index in [9.17, 15) is 22.8 Å². The van der Waals surface area contributed by atoms with Gasteiger partial charge in [0.25, 0.3) is 5.91 Å². The number of nitrogens with zero attached hydrogens (tertiary/aromatic N) is 3. The van der Waals surface area contributed by atoms with Gasteiger partial charge in [0.15, 0.2) is 5.82 Å². The average Bonchev–Trinajstić information content (AvgIpc) is 2.75. The molecule has 0 fully saturated rings. The Labute approximate surface area is 184 Å². The van der Waals surface area contributed by atoms with Crippen molar-refractivity contribution in [3.63, 3.8) is 0 Å². The number of rotatable bonds is 5. The molecule has 166 valence electrons. The first-order valence-electron chi connectivity index (χ1n) is 8.78. The van der Waals surface area contributed by atoms with Gasteiger partial charge < -0.3 is 15.4 Å². The molecule has 0 aliphatic carbocycles. The highest BCUT2D eigenvalue weighted by Crippen LogP contribution is 2.36. The lowest BCUT2D eigenvalue weighted by Gasteiger charge is -2.12. The minimum absolute atomic E-state index is 0.0145. The number of benzene rings is 1. The van der Waals surface area contributed by atoms with Crippen LogP contribution in [-0.2, 0) is 6.18 Å². The van der Waals surface area contributed by atoms with E-state index in [-0.39, 0.29) is 28.8 Å². The molecular weight excluding hydrogens is 453 g/mol. The summed E-state index contributed by atoms with van der Waals surface area (Å²) in [5, 5.41) is 6.53. The standard InChI is InChI=1S/C19H14ClF3N6O3/c1-24-17(30)14-7-11(4-5-25-14)32-16-9-26-15(8-27-16)29-18(31)28-10-2-3-13(20)12(6-10)19(21,22)23/h2-9H,1H3,(H,24,30)(H2,26,28,29,31). The molecule has 0 aliphatic rings. The van der Waals surface area contributed by atoms with Crippen molar-refractivity contribution in [2.24, 2.45) is 0 Å². The second-order valence-corrected chi connectivity index (χ2v) is 6.48. The van der Waals surface area contributed by atoms with E-state index >= 15 is 0 Å². The minimum atomic E-state index is -4.66. The molecule has 3 N–H and O–H groups in total. The molecule has 2 heterocycles. The van der Waals surface area contributed by atoms with Gasteiger partial charge in [-0.2, -0.15) is 13.2 Å². The van der Waals surface area contributed by atoms with Crippen molar-refractivity contribution in [2.75, 3.05) is 17.7 Å². The van der Waals surface area contributed by atoms with E-state index < -0.39 is 28.7 Å². The van der Waals surface area contributed by atoms with Gasteiger partial charge in [-0.25, -0.2) is 14.8 Å². The molecule has 0 atom stereocenters. The van der Waals surface area contributed by atoms with Crippen LogP contribution in [0.15, 0.2) is 48.9 Å². The van der Waals surface area contributed by atoms with Gasteiger partial charge in [-0.15, -0.1) is 0 Å². The van der Waals surface area contributed by atoms with E-state index in [2.05, 4.69) is 30.9 Å². The van der Waals surface area contributed by atoms with E-state index in [0.29, 0.717) is 6.07 Å². The Bertz CT molecular complexity index is 1140. The van der Waals surface area contributed by atoms with Crippen molar-refractivity contribution in [1.29, 1.82) is 0 Å². The molecule has 2 aromatic heterocycles. The summed E-state index contributed by atoms with van der Waals surface area (Å²) in [5.74, 6) is -0.0251. The van der Waals surface area contributed by atoms with E-state index in [4.69, 9.17) is 16.3 Å². The molecule has 9 nitrogen and oxygen atoms in total. The number of amides is 3. The van der Waals surface area contributed by atoms with Crippen LogP contribution in [0.1, 0.15) is 16.1 Å². The lowest BCUT2D eigenvalue weighted by atomic mass is 10.2. The molecule has 3 aromatic rings. The Hall–Kier alpha value is -3.93. The normalized spacial score (nSPS) is 10.9. The van der Waals surface area contributed by atoms with Gasteiger partial charge in [-0.3, -0.25) is 15.1 Å². The largest absolute Gasteiger partial charge is 0.437 e. The number of aromatic nitrogens is 3. The number of alkyl halides is 3. The molecule has 0 spiro atoms. The lowest BCUT2D eigenvalue weighted by molar-refractivity contribution is -0.137. The first-order chi connectivity index (χ1) is 15.2. The number of nitrogens with one attached hydrogen (secondary N) is 3. The molecule has 13 heteroatoms. The third-order valence-electron chi connectivity index (χ3n) is 3.81. The molecule has 32 heavy (non-hydrogen) atoms. The molecular formula is C19H14ClF3N6O3. The second kappa shape index (κ2) is 9.47. The Kier molecular flexibility index (Phi) is 6.73. The number of urea groups is 1. The highest BCUT2D eigenvalue weighted by Gasteiger charge is 2.33. The van der Waals surface area contributed by atoms with Crippen molar-refractivity contribution in [3.8, 4) is 11.6 Å². The summed E-state index contributed by atoms with van der Waals surface area (Å²) in [6.07, 6.45) is -0.893. The van der Waals surface area contributed by atoms with Crippen LogP contribution in [0.5, 0.6) is 11.6 Å². The highest BCUT2D eigenvalue weighted by molar-refractivity contribution is 6.31. The molecule has 3 rings (SSSR count). The minimum Gasteiger partial charge on any atom is -0.437 e. The van der Waals surface area contributed by atoms with Crippen molar-refractivity contribution in [2.45, 2.75) is 6.18 Å². The molecule has 0 bridgehead atoms. The third kappa shape index (κ3) is 5.82. The Balaban J connectivity index is 1.62. The number of pyridine rings is 1. The van der Waals surface area contributed by atoms with E-state index in [0.717, 1.165) is 6.07 Å². The van der Waals surface area contributed by atoms with Gasteiger partial charge in [-0.1, -0.05) is 11.6 Å². The fourth-order valence-corrected chi connectivity index (χ4v) is 2.60. The van der Waals surface area contributed by atoms with Crippen molar-refractivity contribution < 1.29 is 27.5 Å². The van der Waals surface area contributed by atoms with Gasteiger partial charge in [0.2, 0.25) is 5.88 Å². The zero-order valence-corrected chi connectivity index (χ0v) is 17.0. The van der Waals surface area contributed by atoms with Gasteiger partial charge in [0, 0.05) is 25.0 Å². The van der Waals surface area contributed by atoms with Gasteiger partial charge >= 0.3 is 12.2 Å². The lowest BCUT2D eigenvalue weighted by Crippen LogP contribution is -2.20. The smallest absolute Gasteiger partial charge is 0.417 e. The number of halogens is 4. The first-order valence-corrected chi connectivity index (χ1v) is 9.16. The summed E-state index contributed by atoms with van der Waals surface area (Å²) in [5.41, 5.74) is -1.05. The van der Waals surface area contributed by atoms with Crippen LogP contribution < -0.4 is 20.7 Å². The van der Waals surface area contributed by atoms with Crippen molar-refractivity contribution in [3.05, 3.63) is 65.2 Å². The summed E-state index contributed by atoms with van der Waals surface area (Å²) < 4.78 is 44.2. The summed E-state index contributed by atoms with van der Waals surface area (Å²) in [6.45, 7) is 0. The molecule has 0 saturated heterocycles. The number of hydrogen-bond acceptors (Lipinski definition) is 6. The quantitative estimate of drug-likeness (QED) is 0.515. The molecule has 0 aliphatic heterocycles. The fourth-order valence-electron chi connectivity index (χ4n) is 2.38. The summed E-state index contributed by atoms with van der Waals surface area (Å²) in [4.78, 5) is 35.5. The Morgan fingerprint density at radius 1 is 1.03 bits per heavy atom. The summed E-state index contributed by atoms with van der Waals surface area (Å²) >= 11 is 5.55. The molecule has 0 radical (unpaired) electrons. The monoisotopic (exact) mass is 466 g/mol. The average molecular weight is 467 g/mol. The number of carbonyl (C=O) groups excluding carboxylic acids is 2. The maximum absolute atomic E-state index is 12.9. The van der Waals surface area contributed by atoms with Gasteiger partial charge in [0.1, 0.15) is 11.4 Å². The second-order valence-electron chi connectivity index (χ2n) is 6.07. The summed E-state index contributed by atoms with van der Waals surface area (Å²) in [6, 6.07) is 5.04. The van der Waals surface area contributed by atoms with Crippen LogP contribution >= 0.6 is 11.6 Å². The van der Waals surface area contributed by atoms with Crippen LogP contribution in [-0.4, -0.2) is 33.9 Å². The van der Waals surface area contributed by atoms with Gasteiger partial charge in [0.05, 0.1) is 23.0 Å². The first kappa shape index (κ1) is 22.7. The predicted octanol–water partition coefficient (Wildman–Crippen LogP) is 4.34. The van der Waals surface area contributed by atoms with E-state index in [1.54, 1.807) is 0 Å². The Morgan fingerprint density at radius 2 is 1.81 bits per heavy atom. The Morgan fingerprint density at radius 3 is 2.47 bits per heavy atom. The highest BCUT2D eigenvalue weighted by atomic mass is 35.5. The number of anilines is 2. The topological polar surface area (TPSA) is 118 Å². The van der Waals surface area contributed by atoms with E-state index in [1.807, 2.05) is 0 Å². The number of hydrogen-bond donors (Lipinski definition) is 3. The van der Waals surface area contributed by atoms with Gasteiger partial charge in [-0.05, 0) is 24.3 Å². The molecule has 0 unspecified atom stereocenters. The van der Waals surface area contributed by atoms with Crippen molar-refractivity contribution in [1.82, 2.24) is 20.3 Å². The van der Waals surface area contributed by atoms with Crippen LogP contribution in [0.25, 0.3) is 0 Å².